The van der Waals surface area contributed by atoms with E-state index in [0.29, 0.717) is 15.1 Å². The normalized spacial score (nSPS) is 25.0. The molecular weight excluding hydrogens is 757 g/mol. The van der Waals surface area contributed by atoms with Crippen LogP contribution in [0.3, 0.4) is 0 Å². The Hall–Kier alpha value is -2.91. The zero-order chi connectivity index (χ0) is 37.0. The predicted molar refractivity (Wildman–Crippen MR) is 195 cm³/mol. The minimum atomic E-state index is -1.45. The van der Waals surface area contributed by atoms with Crippen molar-refractivity contribution in [2.45, 2.75) is 116 Å². The number of rotatable bonds is 9. The first-order valence-corrected chi connectivity index (χ1v) is 18.2. The van der Waals surface area contributed by atoms with E-state index >= 15 is 4.39 Å². The number of amides is 2. The molecule has 272 valence electrons. The van der Waals surface area contributed by atoms with Crippen LogP contribution in [0.5, 0.6) is 5.75 Å². The fraction of sp³-hybridized carbons (Fsp3) is 0.595. The van der Waals surface area contributed by atoms with E-state index in [-0.39, 0.29) is 40.7 Å². The van der Waals surface area contributed by atoms with Gasteiger partial charge in [0.05, 0.1) is 24.8 Å². The average molecular weight is 807 g/mol. The Morgan fingerprint density at radius 1 is 1.02 bits per heavy atom. The van der Waals surface area contributed by atoms with Gasteiger partial charge in [-0.1, -0.05) is 32.0 Å². The molecule has 0 spiro atoms. The smallest absolute Gasteiger partial charge is 0.482 e. The lowest BCUT2D eigenvalue weighted by atomic mass is 9.43. The Kier molecular flexibility index (Phi) is 10.7. The Bertz CT molecular complexity index is 1640. The van der Waals surface area contributed by atoms with E-state index in [1.807, 2.05) is 22.6 Å². The average Bonchev–Trinajstić information content (AvgIpc) is 3.35. The quantitative estimate of drug-likeness (QED) is 0.159. The molecule has 1 heterocycles. The summed E-state index contributed by atoms with van der Waals surface area (Å²) in [5.41, 5.74) is -1.32. The Morgan fingerprint density at radius 2 is 1.70 bits per heavy atom. The second-order valence-corrected chi connectivity index (χ2v) is 17.6. The van der Waals surface area contributed by atoms with Gasteiger partial charge in [-0.25, -0.2) is 14.0 Å². The van der Waals surface area contributed by atoms with Crippen LogP contribution in [-0.2, 0) is 30.0 Å². The standard InChI is InChI=1S/C37H49BFIN2O8/c1-34(2,3)47-32(44)24-13-11-12-20(30(24)46-10)16-28(38-49-27-18-21-17-26(36(21,7)8)37(27,9)50-38)41-31(43)29(42-33(45)48-35(4,5)6)23-15-14-22(40)19-25(23)39/h11-15,19,21,26-29H,16-18H2,1-10H3,(H,41,43)(H,42,45)/t21-,26-,27+,28-,29?,37-/m0/s1. The number of carbonyl (C=O) groups is 3. The highest BCUT2D eigenvalue weighted by molar-refractivity contribution is 14.1. The topological polar surface area (TPSA) is 121 Å². The van der Waals surface area contributed by atoms with Gasteiger partial charge in [-0.3, -0.25) is 4.79 Å². The van der Waals surface area contributed by atoms with Gasteiger partial charge in [0, 0.05) is 9.13 Å². The number of ether oxygens (including phenoxy) is 3. The summed E-state index contributed by atoms with van der Waals surface area (Å²) in [5.74, 6) is -1.71. The molecule has 3 aliphatic carbocycles. The van der Waals surface area contributed by atoms with Crippen LogP contribution in [0.4, 0.5) is 9.18 Å². The minimum absolute atomic E-state index is 0.0338. The van der Waals surface area contributed by atoms with Crippen molar-refractivity contribution in [3.8, 4) is 5.75 Å². The molecule has 1 unspecified atom stereocenters. The van der Waals surface area contributed by atoms with E-state index in [9.17, 15) is 14.4 Å². The summed E-state index contributed by atoms with van der Waals surface area (Å²) in [7, 11) is 0.566. The maximum atomic E-state index is 15.5. The summed E-state index contributed by atoms with van der Waals surface area (Å²) < 4.78 is 46.4. The van der Waals surface area contributed by atoms with Crippen LogP contribution < -0.4 is 15.4 Å². The van der Waals surface area contributed by atoms with Gasteiger partial charge in [0.1, 0.15) is 34.4 Å². The van der Waals surface area contributed by atoms with E-state index < -0.39 is 59.7 Å². The first-order chi connectivity index (χ1) is 23.1. The molecule has 1 saturated heterocycles. The van der Waals surface area contributed by atoms with Gasteiger partial charge >= 0.3 is 19.2 Å². The first kappa shape index (κ1) is 38.3. The van der Waals surface area contributed by atoms with Gasteiger partial charge in [0.2, 0.25) is 5.91 Å². The second-order valence-electron chi connectivity index (χ2n) is 16.4. The van der Waals surface area contributed by atoms with E-state index in [0.717, 1.165) is 12.8 Å². The van der Waals surface area contributed by atoms with Crippen LogP contribution in [0.2, 0.25) is 0 Å². The van der Waals surface area contributed by atoms with Crippen molar-refractivity contribution >= 4 is 47.7 Å². The molecule has 6 rings (SSSR count). The van der Waals surface area contributed by atoms with Crippen molar-refractivity contribution in [3.05, 3.63) is 62.5 Å². The Morgan fingerprint density at radius 3 is 2.30 bits per heavy atom. The molecule has 2 aromatic carbocycles. The highest BCUT2D eigenvalue weighted by Crippen LogP contribution is 2.65. The molecular formula is C37H49BFIN2O8. The van der Waals surface area contributed by atoms with Crippen LogP contribution in [-0.4, -0.2) is 61.0 Å². The SMILES string of the molecule is COc1c(C[C@H](NC(=O)C(NC(=O)OC(C)(C)C)c2ccc(I)cc2F)B2O[C@@H]3C[C@@H]4C[C@@H](C4(C)C)[C@]3(C)O2)cccc1C(=O)OC(C)(C)C. The van der Waals surface area contributed by atoms with Crippen LogP contribution >= 0.6 is 22.6 Å². The van der Waals surface area contributed by atoms with Crippen LogP contribution in [0.1, 0.15) is 103 Å². The lowest BCUT2D eigenvalue weighted by Gasteiger charge is -2.64. The highest BCUT2D eigenvalue weighted by Gasteiger charge is 2.68. The number of methoxy groups -OCH3 is 1. The molecule has 0 radical (unpaired) electrons. The molecule has 13 heteroatoms. The highest BCUT2D eigenvalue weighted by atomic mass is 127. The largest absolute Gasteiger partial charge is 0.496 e. The van der Waals surface area contributed by atoms with Crippen molar-refractivity contribution < 1.29 is 42.3 Å². The molecule has 2 bridgehead atoms. The lowest BCUT2D eigenvalue weighted by Crippen LogP contribution is -2.65. The van der Waals surface area contributed by atoms with Crippen molar-refractivity contribution in [1.29, 1.82) is 0 Å². The molecule has 50 heavy (non-hydrogen) atoms. The van der Waals surface area contributed by atoms with Crippen LogP contribution in [0.25, 0.3) is 0 Å². The van der Waals surface area contributed by atoms with Crippen LogP contribution in [0.15, 0.2) is 36.4 Å². The molecule has 1 aliphatic heterocycles. The van der Waals surface area contributed by atoms with Gasteiger partial charge in [0.25, 0.3) is 0 Å². The van der Waals surface area contributed by atoms with Crippen molar-refractivity contribution in [2.75, 3.05) is 7.11 Å². The molecule has 4 aliphatic rings. The minimum Gasteiger partial charge on any atom is -0.496 e. The van der Waals surface area contributed by atoms with Crippen molar-refractivity contribution in [1.82, 2.24) is 10.6 Å². The number of carbonyl (C=O) groups excluding carboxylic acids is 3. The maximum Gasteiger partial charge on any atom is 0.482 e. The van der Waals surface area contributed by atoms with E-state index in [4.69, 9.17) is 23.5 Å². The van der Waals surface area contributed by atoms with Gasteiger partial charge in [0.15, 0.2) is 0 Å². The number of benzene rings is 2. The zero-order valence-corrected chi connectivity index (χ0v) is 32.7. The molecule has 3 saturated carbocycles. The Balaban J connectivity index is 1.51. The number of esters is 1. The van der Waals surface area contributed by atoms with Gasteiger partial charge in [-0.05, 0) is 131 Å². The lowest BCUT2D eigenvalue weighted by molar-refractivity contribution is -0.199. The van der Waals surface area contributed by atoms with Gasteiger partial charge in [-0.2, -0.15) is 0 Å². The van der Waals surface area contributed by atoms with E-state index in [2.05, 4.69) is 31.4 Å². The third-order valence-electron chi connectivity index (χ3n) is 10.2. The number of para-hydroxylation sites is 1. The molecule has 2 amide bonds. The summed E-state index contributed by atoms with van der Waals surface area (Å²) in [6, 6.07) is 8.10. The molecule has 6 atom stereocenters. The van der Waals surface area contributed by atoms with Gasteiger partial charge < -0.3 is 34.2 Å². The molecule has 2 N–H and O–H groups in total. The van der Waals surface area contributed by atoms with E-state index in [1.165, 1.54) is 19.2 Å². The fourth-order valence-corrected chi connectivity index (χ4v) is 8.17. The van der Waals surface area contributed by atoms with Crippen LogP contribution in [0, 0.1) is 26.6 Å². The molecule has 10 nitrogen and oxygen atoms in total. The third kappa shape index (κ3) is 7.94. The molecule has 0 aromatic heterocycles. The number of halogens is 2. The number of hydrogen-bond acceptors (Lipinski definition) is 8. The summed E-state index contributed by atoms with van der Waals surface area (Å²) in [5, 5.41) is 5.61. The predicted octanol–water partition coefficient (Wildman–Crippen LogP) is 6.96. The first-order valence-electron chi connectivity index (χ1n) is 17.1. The van der Waals surface area contributed by atoms with Crippen molar-refractivity contribution in [2.24, 2.45) is 17.3 Å². The van der Waals surface area contributed by atoms with Crippen molar-refractivity contribution in [3.63, 3.8) is 0 Å². The summed E-state index contributed by atoms with van der Waals surface area (Å²) in [6.45, 7) is 17.0. The third-order valence-corrected chi connectivity index (χ3v) is 10.9. The monoisotopic (exact) mass is 806 g/mol. The van der Waals surface area contributed by atoms with E-state index in [1.54, 1.807) is 65.8 Å². The summed E-state index contributed by atoms with van der Waals surface area (Å²) in [6.07, 6.45) is 0.902. The fourth-order valence-electron chi connectivity index (χ4n) is 7.72. The molecule has 2 aromatic rings. The number of hydrogen-bond donors (Lipinski definition) is 2. The number of nitrogens with one attached hydrogen (secondary N) is 2. The zero-order valence-electron chi connectivity index (χ0n) is 30.6. The number of alkyl carbamates (subject to hydrolysis) is 1. The maximum absolute atomic E-state index is 15.5. The van der Waals surface area contributed by atoms with Gasteiger partial charge in [-0.15, -0.1) is 0 Å². The second kappa shape index (κ2) is 13.9. The summed E-state index contributed by atoms with van der Waals surface area (Å²) in [4.78, 5) is 40.6. The summed E-state index contributed by atoms with van der Waals surface area (Å²) >= 11 is 1.98. The Labute approximate surface area is 308 Å². The molecule has 4 fully saturated rings.